The molecule has 0 fully saturated rings. The van der Waals surface area contributed by atoms with Gasteiger partial charge in [0.05, 0.1) is 0 Å². The molecule has 1 aromatic rings. The number of hydrogen-bond donors (Lipinski definition) is 2. The number of carbonyl (C=O) groups is 3. The van der Waals surface area contributed by atoms with Gasteiger partial charge in [-0.1, -0.05) is 43.2 Å². The molecule has 7 nitrogen and oxygen atoms in total. The number of nitrogens with one attached hydrogen (secondary N) is 2. The Hall–Kier alpha value is -2.22. The number of nitrogens with zero attached hydrogens (tertiary/aromatic N) is 1. The molecule has 0 aliphatic rings. The minimum atomic E-state index is -0.797. The lowest BCUT2D eigenvalue weighted by atomic mass is 10.0. The highest BCUT2D eigenvalue weighted by Gasteiger charge is 2.35. The Morgan fingerprint density at radius 3 is 2.18 bits per heavy atom. The van der Waals surface area contributed by atoms with Gasteiger partial charge in [0.2, 0.25) is 11.8 Å². The molecule has 3 unspecified atom stereocenters. The van der Waals surface area contributed by atoms with Crippen molar-refractivity contribution in [3.63, 3.8) is 0 Å². The van der Waals surface area contributed by atoms with Gasteiger partial charge in [-0.25, -0.2) is 4.79 Å². The largest absolute Gasteiger partial charge is 0.444 e. The number of amides is 3. The normalized spacial score (nSPS) is 14.0. The molecule has 0 bridgehead atoms. The Balaban J connectivity index is 3.30. The predicted octanol–water partition coefficient (Wildman–Crippen LogP) is 4.84. The number of ether oxygens (including phenoxy) is 1. The molecule has 0 saturated heterocycles. The molecule has 0 saturated carbocycles. The van der Waals surface area contributed by atoms with Gasteiger partial charge in [-0.05, 0) is 72.0 Å². The Kier molecular flexibility index (Phi) is 12.5. The number of alkyl carbamates (subject to hydrolysis) is 1. The monoisotopic (exact) mass is 493 g/mol. The van der Waals surface area contributed by atoms with Crippen molar-refractivity contribution >= 4 is 29.7 Å². The van der Waals surface area contributed by atoms with Gasteiger partial charge >= 0.3 is 6.09 Å². The average Bonchev–Trinajstić information content (AvgIpc) is 2.74. The maximum absolute atomic E-state index is 13.7. The summed E-state index contributed by atoms with van der Waals surface area (Å²) in [6, 6.07) is 6.05. The quantitative estimate of drug-likeness (QED) is 0.435. The standard InChI is InChI=1S/C26H43N3O4S/c1-9-11-19(4)27-23(30)22(20-14-12-18(3)13-15-20)29(10-2)24(31)21(16-17-34-8)28-25(32)33-26(5,6)7/h12-15,19,21-22H,9-11,16-17H2,1-8H3,(H,27,30)(H,28,32). The Morgan fingerprint density at radius 1 is 1.06 bits per heavy atom. The molecule has 192 valence electrons. The summed E-state index contributed by atoms with van der Waals surface area (Å²) < 4.78 is 5.39. The number of carbonyl (C=O) groups excluding carboxylic acids is 3. The first-order valence-electron chi connectivity index (χ1n) is 12.1. The number of benzene rings is 1. The van der Waals surface area contributed by atoms with E-state index in [9.17, 15) is 14.4 Å². The van der Waals surface area contributed by atoms with Gasteiger partial charge in [-0.15, -0.1) is 0 Å². The van der Waals surface area contributed by atoms with E-state index in [1.807, 2.05) is 51.3 Å². The van der Waals surface area contributed by atoms with Gasteiger partial charge < -0.3 is 20.3 Å². The Bertz CT molecular complexity index is 792. The zero-order valence-electron chi connectivity index (χ0n) is 22.1. The molecule has 3 amide bonds. The summed E-state index contributed by atoms with van der Waals surface area (Å²) in [7, 11) is 0. The van der Waals surface area contributed by atoms with Gasteiger partial charge in [-0.3, -0.25) is 9.59 Å². The highest BCUT2D eigenvalue weighted by atomic mass is 32.2. The zero-order valence-corrected chi connectivity index (χ0v) is 22.9. The molecule has 3 atom stereocenters. The first kappa shape index (κ1) is 29.8. The number of aryl methyl sites for hydroxylation is 1. The first-order chi connectivity index (χ1) is 15.9. The van der Waals surface area contributed by atoms with Crippen molar-refractivity contribution in [3.05, 3.63) is 35.4 Å². The highest BCUT2D eigenvalue weighted by molar-refractivity contribution is 7.98. The van der Waals surface area contributed by atoms with Crippen LogP contribution in [0, 0.1) is 6.92 Å². The summed E-state index contributed by atoms with van der Waals surface area (Å²) in [6.07, 6.45) is 3.54. The van der Waals surface area contributed by atoms with Crippen molar-refractivity contribution in [2.45, 2.75) is 91.5 Å². The zero-order chi connectivity index (χ0) is 25.9. The molecule has 0 aromatic heterocycles. The lowest BCUT2D eigenvalue weighted by molar-refractivity contribution is -0.142. The van der Waals surface area contributed by atoms with Crippen molar-refractivity contribution in [3.8, 4) is 0 Å². The van der Waals surface area contributed by atoms with E-state index < -0.39 is 23.8 Å². The van der Waals surface area contributed by atoms with E-state index in [4.69, 9.17) is 4.74 Å². The fourth-order valence-electron chi connectivity index (χ4n) is 3.66. The van der Waals surface area contributed by atoms with Crippen LogP contribution in [-0.2, 0) is 14.3 Å². The summed E-state index contributed by atoms with van der Waals surface area (Å²) in [6.45, 7) is 13.5. The van der Waals surface area contributed by atoms with Crippen molar-refractivity contribution in [2.75, 3.05) is 18.6 Å². The smallest absolute Gasteiger partial charge is 0.408 e. The molecule has 0 spiro atoms. The SMILES string of the molecule is CCCC(C)NC(=O)C(c1ccc(C)cc1)N(CC)C(=O)C(CCSC)NC(=O)OC(C)(C)C. The van der Waals surface area contributed by atoms with Crippen molar-refractivity contribution < 1.29 is 19.1 Å². The van der Waals surface area contributed by atoms with Crippen LogP contribution >= 0.6 is 11.8 Å². The number of likely N-dealkylation sites (N-methyl/N-ethyl adjacent to an activating group) is 1. The topological polar surface area (TPSA) is 87.7 Å². The molecule has 34 heavy (non-hydrogen) atoms. The van der Waals surface area contributed by atoms with Crippen LogP contribution < -0.4 is 10.6 Å². The molecular weight excluding hydrogens is 450 g/mol. The highest BCUT2D eigenvalue weighted by Crippen LogP contribution is 2.24. The third-order valence-corrected chi connectivity index (χ3v) is 5.93. The third kappa shape index (κ3) is 9.95. The van der Waals surface area contributed by atoms with Crippen LogP contribution in [0.3, 0.4) is 0 Å². The maximum atomic E-state index is 13.7. The molecule has 0 radical (unpaired) electrons. The van der Waals surface area contributed by atoms with Crippen LogP contribution in [0.2, 0.25) is 0 Å². The lowest BCUT2D eigenvalue weighted by Gasteiger charge is -2.34. The molecule has 1 rings (SSSR count). The van der Waals surface area contributed by atoms with Gasteiger partial charge in [0.15, 0.2) is 0 Å². The van der Waals surface area contributed by atoms with E-state index in [1.54, 1.807) is 37.4 Å². The number of hydrogen-bond acceptors (Lipinski definition) is 5. The van der Waals surface area contributed by atoms with Gasteiger partial charge in [0.25, 0.3) is 0 Å². The first-order valence-corrected chi connectivity index (χ1v) is 13.5. The van der Waals surface area contributed by atoms with E-state index in [0.29, 0.717) is 18.7 Å². The minimum Gasteiger partial charge on any atom is -0.444 e. The molecular formula is C26H43N3O4S. The summed E-state index contributed by atoms with van der Waals surface area (Å²) in [4.78, 5) is 41.2. The van der Waals surface area contributed by atoms with E-state index in [-0.39, 0.29) is 17.9 Å². The van der Waals surface area contributed by atoms with Crippen LogP contribution in [0.15, 0.2) is 24.3 Å². The molecule has 0 aliphatic carbocycles. The van der Waals surface area contributed by atoms with Crippen LogP contribution in [0.25, 0.3) is 0 Å². The summed E-state index contributed by atoms with van der Waals surface area (Å²) in [5.74, 6) is 0.158. The molecule has 0 heterocycles. The summed E-state index contributed by atoms with van der Waals surface area (Å²) in [5.41, 5.74) is 1.13. The van der Waals surface area contributed by atoms with Crippen LogP contribution in [0.5, 0.6) is 0 Å². The molecule has 8 heteroatoms. The van der Waals surface area contributed by atoms with Crippen molar-refractivity contribution in [1.82, 2.24) is 15.5 Å². The number of rotatable bonds is 12. The second-order valence-electron chi connectivity index (χ2n) is 9.62. The summed E-state index contributed by atoms with van der Waals surface area (Å²) in [5, 5.41) is 5.81. The molecule has 2 N–H and O–H groups in total. The van der Waals surface area contributed by atoms with Crippen LogP contribution in [0.4, 0.5) is 4.79 Å². The molecule has 1 aromatic carbocycles. The average molecular weight is 494 g/mol. The Labute approximate surface area is 209 Å². The van der Waals surface area contributed by atoms with Crippen LogP contribution in [-0.4, -0.2) is 59.0 Å². The van der Waals surface area contributed by atoms with E-state index >= 15 is 0 Å². The minimum absolute atomic E-state index is 0.00793. The molecule has 0 aliphatic heterocycles. The fourth-order valence-corrected chi connectivity index (χ4v) is 4.13. The third-order valence-electron chi connectivity index (χ3n) is 5.29. The van der Waals surface area contributed by atoms with Gasteiger partial charge in [-0.2, -0.15) is 11.8 Å². The summed E-state index contributed by atoms with van der Waals surface area (Å²) >= 11 is 1.59. The van der Waals surface area contributed by atoms with Crippen molar-refractivity contribution in [1.29, 1.82) is 0 Å². The maximum Gasteiger partial charge on any atom is 0.408 e. The van der Waals surface area contributed by atoms with Gasteiger partial charge in [0.1, 0.15) is 17.7 Å². The van der Waals surface area contributed by atoms with Crippen molar-refractivity contribution in [2.24, 2.45) is 0 Å². The second kappa shape index (κ2) is 14.2. The van der Waals surface area contributed by atoms with E-state index in [2.05, 4.69) is 17.6 Å². The van der Waals surface area contributed by atoms with E-state index in [0.717, 1.165) is 24.0 Å². The van der Waals surface area contributed by atoms with Gasteiger partial charge in [0, 0.05) is 12.6 Å². The van der Waals surface area contributed by atoms with Crippen LogP contribution in [0.1, 0.15) is 78.0 Å². The lowest BCUT2D eigenvalue weighted by Crippen LogP contribution is -2.53. The number of thioether (sulfide) groups is 1. The predicted molar refractivity (Wildman–Crippen MR) is 140 cm³/mol. The second-order valence-corrected chi connectivity index (χ2v) is 10.6. The van der Waals surface area contributed by atoms with E-state index in [1.165, 1.54) is 0 Å². The Morgan fingerprint density at radius 2 is 1.68 bits per heavy atom. The fraction of sp³-hybridized carbons (Fsp3) is 0.654.